The number of hydrogen-bond donors (Lipinski definition) is 3. The molecule has 1 aromatic rings. The Morgan fingerprint density at radius 1 is 1.43 bits per heavy atom. The summed E-state index contributed by atoms with van der Waals surface area (Å²) in [6.45, 7) is 2.11. The summed E-state index contributed by atoms with van der Waals surface area (Å²) in [7, 11) is 0. The summed E-state index contributed by atoms with van der Waals surface area (Å²) >= 11 is 0. The first kappa shape index (κ1) is 17.4. The van der Waals surface area contributed by atoms with Crippen LogP contribution in [0.3, 0.4) is 0 Å². The second kappa shape index (κ2) is 9.27. The van der Waals surface area contributed by atoms with E-state index in [0.29, 0.717) is 31.2 Å². The zero-order chi connectivity index (χ0) is 16.5. The Morgan fingerprint density at radius 3 is 2.91 bits per heavy atom. The average molecular weight is 320 g/mol. The number of ether oxygens (including phenoxy) is 2. The predicted octanol–water partition coefficient (Wildman–Crippen LogP) is 1.38. The number of rotatable bonds is 9. The lowest BCUT2D eigenvalue weighted by atomic mass is 10.1. The first-order chi connectivity index (χ1) is 11.1. The van der Waals surface area contributed by atoms with Crippen LogP contribution in [0, 0.1) is 11.3 Å². The van der Waals surface area contributed by atoms with Gasteiger partial charge in [0.05, 0.1) is 18.4 Å². The van der Waals surface area contributed by atoms with Crippen molar-refractivity contribution in [1.29, 1.82) is 5.41 Å². The largest absolute Gasteiger partial charge is 0.491 e. The van der Waals surface area contributed by atoms with Crippen molar-refractivity contribution in [2.75, 3.05) is 26.4 Å². The van der Waals surface area contributed by atoms with Gasteiger partial charge in [0.15, 0.2) is 0 Å². The van der Waals surface area contributed by atoms with Gasteiger partial charge >= 0.3 is 0 Å². The number of hydrogen-bond acceptors (Lipinski definition) is 5. The molecule has 0 aromatic heterocycles. The fourth-order valence-electron chi connectivity index (χ4n) is 2.31. The highest BCUT2D eigenvalue weighted by Gasteiger charge is 2.18. The van der Waals surface area contributed by atoms with E-state index in [1.165, 1.54) is 0 Å². The number of aliphatic hydroxyl groups excluding tert-OH is 1. The van der Waals surface area contributed by atoms with E-state index in [-0.39, 0.29) is 24.6 Å². The highest BCUT2D eigenvalue weighted by molar-refractivity contribution is 6.37. The fourth-order valence-corrected chi connectivity index (χ4v) is 2.31. The Morgan fingerprint density at radius 2 is 2.22 bits per heavy atom. The molecule has 1 amide bonds. The number of carbonyl (C=O) groups excluding carboxylic acids is 1. The normalized spacial score (nSPS) is 18.4. The van der Waals surface area contributed by atoms with Crippen LogP contribution in [0.2, 0.25) is 0 Å². The molecule has 126 valence electrons. The first-order valence-corrected chi connectivity index (χ1v) is 7.94. The van der Waals surface area contributed by atoms with Gasteiger partial charge in [0.1, 0.15) is 12.4 Å². The van der Waals surface area contributed by atoms with E-state index in [1.807, 2.05) is 30.3 Å². The Hall–Kier alpha value is -1.92. The molecule has 1 aliphatic rings. The number of aliphatic hydroxyl groups is 1. The molecule has 3 N–H and O–H groups in total. The summed E-state index contributed by atoms with van der Waals surface area (Å²) in [5.74, 6) is 0.669. The van der Waals surface area contributed by atoms with Crippen LogP contribution in [0.5, 0.6) is 5.75 Å². The molecule has 1 aliphatic heterocycles. The quantitative estimate of drug-likeness (QED) is 0.599. The molecule has 6 heteroatoms. The molecule has 1 fully saturated rings. The van der Waals surface area contributed by atoms with Gasteiger partial charge in [-0.15, -0.1) is 0 Å². The van der Waals surface area contributed by atoms with Crippen LogP contribution in [-0.2, 0) is 9.53 Å². The summed E-state index contributed by atoms with van der Waals surface area (Å²) in [4.78, 5) is 11.8. The minimum absolute atomic E-state index is 0.0114. The van der Waals surface area contributed by atoms with Crippen molar-refractivity contribution in [3.8, 4) is 5.75 Å². The van der Waals surface area contributed by atoms with Gasteiger partial charge in [-0.3, -0.25) is 10.2 Å². The molecule has 2 rings (SSSR count). The molecule has 1 saturated heterocycles. The molecule has 2 atom stereocenters. The number of amides is 1. The van der Waals surface area contributed by atoms with E-state index in [0.717, 1.165) is 13.0 Å². The van der Waals surface area contributed by atoms with Crippen molar-refractivity contribution in [2.45, 2.75) is 25.4 Å². The number of para-hydroxylation sites is 1. The van der Waals surface area contributed by atoms with Gasteiger partial charge in [0.2, 0.25) is 0 Å². The summed E-state index contributed by atoms with van der Waals surface area (Å²) in [5, 5.41) is 20.4. The highest BCUT2D eigenvalue weighted by atomic mass is 16.5. The molecule has 0 radical (unpaired) electrons. The molecule has 2 unspecified atom stereocenters. The lowest BCUT2D eigenvalue weighted by Gasteiger charge is -2.13. The molecule has 0 spiro atoms. The second-order valence-electron chi connectivity index (χ2n) is 5.73. The molecule has 1 aromatic carbocycles. The summed E-state index contributed by atoms with van der Waals surface area (Å²) in [6, 6.07) is 9.24. The molecular weight excluding hydrogens is 296 g/mol. The van der Waals surface area contributed by atoms with Gasteiger partial charge in [0, 0.05) is 19.1 Å². The monoisotopic (exact) mass is 320 g/mol. The molecule has 6 nitrogen and oxygen atoms in total. The van der Waals surface area contributed by atoms with Crippen LogP contribution in [-0.4, -0.2) is 49.2 Å². The Balaban J connectivity index is 1.59. The van der Waals surface area contributed by atoms with Crippen LogP contribution < -0.4 is 10.1 Å². The fraction of sp³-hybridized carbons (Fsp3) is 0.529. The minimum Gasteiger partial charge on any atom is -0.491 e. The van der Waals surface area contributed by atoms with Crippen molar-refractivity contribution in [1.82, 2.24) is 5.32 Å². The van der Waals surface area contributed by atoms with Gasteiger partial charge in [0.25, 0.3) is 5.91 Å². The minimum atomic E-state index is -0.702. The molecule has 0 bridgehead atoms. The molecule has 1 heterocycles. The molecule has 23 heavy (non-hydrogen) atoms. The topological polar surface area (TPSA) is 91.6 Å². The highest BCUT2D eigenvalue weighted by Crippen LogP contribution is 2.11. The van der Waals surface area contributed by atoms with Gasteiger partial charge in [-0.25, -0.2) is 0 Å². The van der Waals surface area contributed by atoms with Gasteiger partial charge in [-0.05, 0) is 31.4 Å². The van der Waals surface area contributed by atoms with Crippen LogP contribution in [0.25, 0.3) is 0 Å². The van der Waals surface area contributed by atoms with Gasteiger partial charge in [-0.2, -0.15) is 0 Å². The number of carbonyl (C=O) groups is 1. The van der Waals surface area contributed by atoms with Crippen LogP contribution in [0.1, 0.15) is 19.3 Å². The zero-order valence-corrected chi connectivity index (χ0v) is 13.2. The molecular formula is C17H24N2O4. The average Bonchev–Trinajstić information content (AvgIpc) is 3.10. The van der Waals surface area contributed by atoms with Crippen molar-refractivity contribution in [3.05, 3.63) is 30.3 Å². The third-order valence-electron chi connectivity index (χ3n) is 3.76. The van der Waals surface area contributed by atoms with Crippen molar-refractivity contribution >= 4 is 11.6 Å². The van der Waals surface area contributed by atoms with E-state index < -0.39 is 6.10 Å². The Bertz CT molecular complexity index is 501. The third kappa shape index (κ3) is 6.38. The maximum Gasteiger partial charge on any atom is 0.264 e. The summed E-state index contributed by atoms with van der Waals surface area (Å²) in [5.41, 5.74) is -0.0114. The maximum absolute atomic E-state index is 11.8. The van der Waals surface area contributed by atoms with E-state index >= 15 is 0 Å². The maximum atomic E-state index is 11.8. The lowest BCUT2D eigenvalue weighted by molar-refractivity contribution is -0.115. The SMILES string of the molecule is N=C(CCC(O)COc1ccccc1)C(=O)NCC1CCOC1. The summed E-state index contributed by atoms with van der Waals surface area (Å²) in [6.07, 6.45) is 0.799. The molecule has 0 saturated carbocycles. The van der Waals surface area contributed by atoms with E-state index in [4.69, 9.17) is 14.9 Å². The van der Waals surface area contributed by atoms with E-state index in [2.05, 4.69) is 5.32 Å². The van der Waals surface area contributed by atoms with Crippen molar-refractivity contribution in [3.63, 3.8) is 0 Å². The smallest absolute Gasteiger partial charge is 0.264 e. The van der Waals surface area contributed by atoms with Crippen LogP contribution in [0.15, 0.2) is 30.3 Å². The Kier molecular flexibility index (Phi) is 7.03. The van der Waals surface area contributed by atoms with E-state index in [1.54, 1.807) is 0 Å². The number of nitrogens with one attached hydrogen (secondary N) is 2. The number of benzene rings is 1. The summed E-state index contributed by atoms with van der Waals surface area (Å²) < 4.78 is 10.7. The lowest BCUT2D eigenvalue weighted by Crippen LogP contribution is -2.35. The van der Waals surface area contributed by atoms with Crippen molar-refractivity contribution < 1.29 is 19.4 Å². The molecule has 0 aliphatic carbocycles. The Labute approximate surface area is 136 Å². The third-order valence-corrected chi connectivity index (χ3v) is 3.76. The van der Waals surface area contributed by atoms with Crippen LogP contribution in [0.4, 0.5) is 0 Å². The van der Waals surface area contributed by atoms with Gasteiger partial charge in [-0.1, -0.05) is 18.2 Å². The van der Waals surface area contributed by atoms with Gasteiger partial charge < -0.3 is 19.9 Å². The second-order valence-corrected chi connectivity index (χ2v) is 5.73. The van der Waals surface area contributed by atoms with Crippen LogP contribution >= 0.6 is 0 Å². The predicted molar refractivity (Wildman–Crippen MR) is 86.8 cm³/mol. The van der Waals surface area contributed by atoms with Crippen molar-refractivity contribution in [2.24, 2.45) is 5.92 Å². The standard InChI is InChI=1S/C17H24N2O4/c18-16(17(21)19-10-13-8-9-22-11-13)7-6-14(20)12-23-15-4-2-1-3-5-15/h1-5,13-14,18,20H,6-12H2,(H,19,21). The van der Waals surface area contributed by atoms with E-state index in [9.17, 15) is 9.90 Å². The zero-order valence-electron chi connectivity index (χ0n) is 13.2. The first-order valence-electron chi connectivity index (χ1n) is 7.94.